The van der Waals surface area contributed by atoms with E-state index in [0.717, 1.165) is 44.7 Å². The topological polar surface area (TPSA) is 50.7 Å². The van der Waals surface area contributed by atoms with Crippen LogP contribution in [0.1, 0.15) is 37.8 Å². The second-order valence-corrected chi connectivity index (χ2v) is 8.92. The van der Waals surface area contributed by atoms with Crippen molar-refractivity contribution in [2.24, 2.45) is 11.3 Å². The molecule has 2 N–H and O–H groups in total. The van der Waals surface area contributed by atoms with Gasteiger partial charge < -0.3 is 19.9 Å². The molecule has 0 aromatic heterocycles. The average Bonchev–Trinajstić information content (AvgIpc) is 2.71. The first-order valence-electron chi connectivity index (χ1n) is 10.6. The highest BCUT2D eigenvalue weighted by Gasteiger charge is 2.45. The van der Waals surface area contributed by atoms with E-state index in [4.69, 9.17) is 9.47 Å². The lowest BCUT2D eigenvalue weighted by Gasteiger charge is -2.49. The molecule has 0 amide bonds. The summed E-state index contributed by atoms with van der Waals surface area (Å²) >= 11 is 0. The Morgan fingerprint density at radius 3 is 2.37 bits per heavy atom. The first-order valence-corrected chi connectivity index (χ1v) is 10.6. The summed E-state index contributed by atoms with van der Waals surface area (Å²) in [7, 11) is 1.68. The maximum absolute atomic E-state index is 10.4. The van der Waals surface area contributed by atoms with Crippen molar-refractivity contribution < 1.29 is 14.6 Å². The van der Waals surface area contributed by atoms with Gasteiger partial charge in [0.2, 0.25) is 0 Å². The van der Waals surface area contributed by atoms with Gasteiger partial charge in [-0.05, 0) is 61.8 Å². The Balaban J connectivity index is 0.00000320. The van der Waals surface area contributed by atoms with Gasteiger partial charge in [-0.2, -0.15) is 0 Å². The lowest BCUT2D eigenvalue weighted by Crippen LogP contribution is -2.50. The second-order valence-electron chi connectivity index (χ2n) is 8.92. The Hall–Kier alpha value is -1.59. The highest BCUT2D eigenvalue weighted by Crippen LogP contribution is 2.46. The second kappa shape index (κ2) is 11.1. The third-order valence-electron chi connectivity index (χ3n) is 6.23. The molecular formula is C25H36ClNO3. The smallest absolute Gasteiger partial charge is 0.118 e. The van der Waals surface area contributed by atoms with Crippen LogP contribution in [-0.2, 0) is 17.7 Å². The molecule has 1 aliphatic rings. The van der Waals surface area contributed by atoms with E-state index >= 15 is 0 Å². The van der Waals surface area contributed by atoms with E-state index in [-0.39, 0.29) is 35.9 Å². The van der Waals surface area contributed by atoms with Gasteiger partial charge in [0, 0.05) is 32.2 Å². The van der Waals surface area contributed by atoms with E-state index in [1.54, 1.807) is 7.11 Å². The molecule has 2 unspecified atom stereocenters. The Kier molecular flexibility index (Phi) is 9.17. The largest absolute Gasteiger partial charge is 0.497 e. The van der Waals surface area contributed by atoms with Crippen LogP contribution in [0.25, 0.3) is 0 Å². The molecule has 0 bridgehead atoms. The maximum Gasteiger partial charge on any atom is 0.118 e. The molecule has 1 aliphatic heterocycles. The number of halogens is 1. The van der Waals surface area contributed by atoms with Gasteiger partial charge in [-0.3, -0.25) is 0 Å². The summed E-state index contributed by atoms with van der Waals surface area (Å²) < 4.78 is 11.3. The predicted octanol–water partition coefficient (Wildman–Crippen LogP) is 4.63. The van der Waals surface area contributed by atoms with E-state index in [2.05, 4.69) is 61.6 Å². The number of ether oxygens (including phenoxy) is 2. The van der Waals surface area contributed by atoms with Crippen LogP contribution in [0, 0.1) is 11.3 Å². The molecule has 0 saturated carbocycles. The molecule has 3 rings (SSSR count). The van der Waals surface area contributed by atoms with Gasteiger partial charge in [0.15, 0.2) is 0 Å². The van der Waals surface area contributed by atoms with Crippen molar-refractivity contribution >= 4 is 12.4 Å². The lowest BCUT2D eigenvalue weighted by molar-refractivity contribution is -0.127. The van der Waals surface area contributed by atoms with E-state index in [1.165, 1.54) is 11.1 Å². The minimum Gasteiger partial charge on any atom is -0.497 e. The fraction of sp³-hybridized carbons (Fsp3) is 0.520. The minimum atomic E-state index is -0.170. The molecule has 4 nitrogen and oxygen atoms in total. The van der Waals surface area contributed by atoms with Gasteiger partial charge in [-0.15, -0.1) is 12.4 Å². The molecule has 1 saturated heterocycles. The monoisotopic (exact) mass is 433 g/mol. The molecule has 0 radical (unpaired) electrons. The summed E-state index contributed by atoms with van der Waals surface area (Å²) in [6.07, 6.45) is 2.89. The van der Waals surface area contributed by atoms with Gasteiger partial charge in [0.1, 0.15) is 5.75 Å². The molecule has 5 heteroatoms. The molecule has 1 heterocycles. The quantitative estimate of drug-likeness (QED) is 0.605. The SMILES string of the molecule is COc1ccc(CNCC(CO)C2(Cc3ccccc3)CCOC(C)(C)C2)cc1.Cl. The fourth-order valence-electron chi connectivity index (χ4n) is 4.77. The number of rotatable bonds is 9. The lowest BCUT2D eigenvalue weighted by atomic mass is 9.63. The third-order valence-corrected chi connectivity index (χ3v) is 6.23. The Labute approximate surface area is 187 Å². The van der Waals surface area contributed by atoms with Gasteiger partial charge in [-0.1, -0.05) is 42.5 Å². The Morgan fingerprint density at radius 2 is 1.77 bits per heavy atom. The van der Waals surface area contributed by atoms with Crippen LogP contribution in [0.15, 0.2) is 54.6 Å². The number of benzene rings is 2. The molecule has 30 heavy (non-hydrogen) atoms. The van der Waals surface area contributed by atoms with Crippen LogP contribution in [0.4, 0.5) is 0 Å². The molecular weight excluding hydrogens is 398 g/mol. The van der Waals surface area contributed by atoms with Gasteiger partial charge in [0.25, 0.3) is 0 Å². The zero-order valence-electron chi connectivity index (χ0n) is 18.4. The summed E-state index contributed by atoms with van der Waals surface area (Å²) in [4.78, 5) is 0. The van der Waals surface area contributed by atoms with Crippen molar-refractivity contribution in [2.75, 3.05) is 26.9 Å². The van der Waals surface area contributed by atoms with E-state index in [1.807, 2.05) is 12.1 Å². The predicted molar refractivity (Wildman–Crippen MR) is 124 cm³/mol. The summed E-state index contributed by atoms with van der Waals surface area (Å²) in [5.74, 6) is 1.04. The number of hydrogen-bond acceptors (Lipinski definition) is 4. The summed E-state index contributed by atoms with van der Waals surface area (Å²) in [5.41, 5.74) is 2.40. The first kappa shape index (κ1) is 24.7. The van der Waals surface area contributed by atoms with Crippen molar-refractivity contribution in [1.29, 1.82) is 0 Å². The summed E-state index contributed by atoms with van der Waals surface area (Å²) in [6.45, 7) is 6.83. The molecule has 166 valence electrons. The number of nitrogens with one attached hydrogen (secondary N) is 1. The third kappa shape index (κ3) is 6.45. The van der Waals surface area contributed by atoms with Gasteiger partial charge in [0.05, 0.1) is 12.7 Å². The summed E-state index contributed by atoms with van der Waals surface area (Å²) in [6, 6.07) is 18.8. The van der Waals surface area contributed by atoms with Crippen molar-refractivity contribution in [2.45, 2.75) is 45.3 Å². The minimum absolute atomic E-state index is 0. The number of aliphatic hydroxyl groups is 1. The van der Waals surface area contributed by atoms with E-state index < -0.39 is 0 Å². The molecule has 2 aromatic rings. The summed E-state index contributed by atoms with van der Waals surface area (Å²) in [5, 5.41) is 13.9. The molecule has 0 aliphatic carbocycles. The highest BCUT2D eigenvalue weighted by atomic mass is 35.5. The number of methoxy groups -OCH3 is 1. The molecule has 0 spiro atoms. The fourth-order valence-corrected chi connectivity index (χ4v) is 4.77. The van der Waals surface area contributed by atoms with Crippen LogP contribution >= 0.6 is 12.4 Å². The normalized spacial score (nSPS) is 21.5. The van der Waals surface area contributed by atoms with E-state index in [0.29, 0.717) is 0 Å². The van der Waals surface area contributed by atoms with Crippen molar-refractivity contribution in [3.63, 3.8) is 0 Å². The zero-order chi connectivity index (χ0) is 20.7. The zero-order valence-corrected chi connectivity index (χ0v) is 19.2. The van der Waals surface area contributed by atoms with Gasteiger partial charge >= 0.3 is 0 Å². The van der Waals surface area contributed by atoms with Crippen LogP contribution < -0.4 is 10.1 Å². The van der Waals surface area contributed by atoms with Gasteiger partial charge in [-0.25, -0.2) is 0 Å². The van der Waals surface area contributed by atoms with Crippen LogP contribution in [0.3, 0.4) is 0 Å². The van der Waals surface area contributed by atoms with Crippen LogP contribution in [0.5, 0.6) is 5.75 Å². The maximum atomic E-state index is 10.4. The Morgan fingerprint density at radius 1 is 1.07 bits per heavy atom. The van der Waals surface area contributed by atoms with Crippen LogP contribution in [0.2, 0.25) is 0 Å². The van der Waals surface area contributed by atoms with Crippen molar-refractivity contribution in [1.82, 2.24) is 5.32 Å². The van der Waals surface area contributed by atoms with Crippen molar-refractivity contribution in [3.8, 4) is 5.75 Å². The van der Waals surface area contributed by atoms with E-state index in [9.17, 15) is 5.11 Å². The number of hydrogen-bond donors (Lipinski definition) is 2. The number of aliphatic hydroxyl groups excluding tert-OH is 1. The molecule has 1 fully saturated rings. The first-order chi connectivity index (χ1) is 14.0. The Bertz CT molecular complexity index is 751. The molecule has 2 atom stereocenters. The highest BCUT2D eigenvalue weighted by molar-refractivity contribution is 5.85. The molecule has 2 aromatic carbocycles. The average molecular weight is 434 g/mol. The van der Waals surface area contributed by atoms with Crippen LogP contribution in [-0.4, -0.2) is 37.6 Å². The standard InChI is InChI=1S/C25H35NO3.ClH/c1-24(2)19-25(13-14-29-24,15-20-7-5-4-6-8-20)22(18-27)17-26-16-21-9-11-23(28-3)12-10-21;/h4-12,22,26-27H,13-19H2,1-3H3;1H. The van der Waals surface area contributed by atoms with Crippen molar-refractivity contribution in [3.05, 3.63) is 65.7 Å².